The topological polar surface area (TPSA) is 46.2 Å². The van der Waals surface area contributed by atoms with Crippen molar-refractivity contribution in [2.75, 3.05) is 0 Å². The molecule has 0 heterocycles. The molecule has 2 aliphatic carbocycles. The van der Waals surface area contributed by atoms with E-state index in [0.29, 0.717) is 33.7 Å². The molecule has 232 valence electrons. The Hall–Kier alpha value is -3.76. The van der Waals surface area contributed by atoms with Crippen LogP contribution >= 0.6 is 11.6 Å². The van der Waals surface area contributed by atoms with Gasteiger partial charge in [0.1, 0.15) is 5.82 Å². The summed E-state index contributed by atoms with van der Waals surface area (Å²) in [5.41, 5.74) is 5.15. The highest BCUT2D eigenvalue weighted by atomic mass is 35.5. The quantitative estimate of drug-likeness (QED) is 0.209. The first kappa shape index (κ1) is 31.2. The molecule has 4 aromatic rings. The van der Waals surface area contributed by atoms with Crippen LogP contribution in [-0.2, 0) is 6.42 Å². The zero-order valence-corrected chi connectivity index (χ0v) is 27.1. The van der Waals surface area contributed by atoms with Crippen LogP contribution in [-0.4, -0.2) is 5.91 Å². The molecule has 0 bridgehead atoms. The van der Waals surface area contributed by atoms with Crippen molar-refractivity contribution in [1.29, 1.82) is 0 Å². The highest BCUT2D eigenvalue weighted by molar-refractivity contribution is 6.36. The summed E-state index contributed by atoms with van der Waals surface area (Å²) in [4.78, 5) is 28.7. The van der Waals surface area contributed by atoms with Crippen molar-refractivity contribution in [1.82, 2.24) is 5.32 Å². The Bertz CT molecular complexity index is 1820. The number of carbonyl (C=O) groups excluding carboxylic acids is 1. The first-order chi connectivity index (χ1) is 21.6. The molecular weight excluding hydrogens is 581 g/mol. The number of allylic oxidation sites excluding steroid dienone is 2. The second-order valence-electron chi connectivity index (χ2n) is 13.8. The summed E-state index contributed by atoms with van der Waals surface area (Å²) >= 11 is 6.72. The molecule has 1 N–H and O–H groups in total. The van der Waals surface area contributed by atoms with Gasteiger partial charge < -0.3 is 5.32 Å². The van der Waals surface area contributed by atoms with E-state index >= 15 is 0 Å². The van der Waals surface area contributed by atoms with Gasteiger partial charge in [0.2, 0.25) is 0 Å². The average Bonchev–Trinajstić information content (AvgIpc) is 3.87. The zero-order chi connectivity index (χ0) is 31.7. The molecule has 2 aliphatic rings. The first-order valence-corrected chi connectivity index (χ1v) is 16.6. The zero-order valence-electron chi connectivity index (χ0n) is 26.3. The number of amides is 1. The molecule has 1 fully saturated rings. The maximum atomic E-state index is 14.8. The van der Waals surface area contributed by atoms with Crippen molar-refractivity contribution in [3.8, 4) is 11.1 Å². The van der Waals surface area contributed by atoms with E-state index in [-0.39, 0.29) is 34.5 Å². The fourth-order valence-electron chi connectivity index (χ4n) is 7.01. The Morgan fingerprint density at radius 2 is 1.71 bits per heavy atom. The van der Waals surface area contributed by atoms with Crippen molar-refractivity contribution < 1.29 is 9.18 Å². The van der Waals surface area contributed by atoms with Crippen molar-refractivity contribution in [2.24, 2.45) is 17.3 Å². The largest absolute Gasteiger partial charge is 0.345 e. The molecule has 2 atom stereocenters. The van der Waals surface area contributed by atoms with Gasteiger partial charge in [-0.3, -0.25) is 9.59 Å². The van der Waals surface area contributed by atoms with Crippen LogP contribution in [0.15, 0.2) is 95.3 Å². The summed E-state index contributed by atoms with van der Waals surface area (Å²) < 4.78 is 14.4. The molecule has 0 spiro atoms. The van der Waals surface area contributed by atoms with Crippen LogP contribution in [0.25, 0.3) is 21.9 Å². The Morgan fingerprint density at radius 1 is 0.956 bits per heavy atom. The molecule has 3 nitrogen and oxygen atoms in total. The molecule has 1 saturated carbocycles. The van der Waals surface area contributed by atoms with Crippen LogP contribution in [0.4, 0.5) is 4.39 Å². The van der Waals surface area contributed by atoms with E-state index in [2.05, 4.69) is 32.2 Å². The number of hydrogen-bond acceptors (Lipinski definition) is 2. The Kier molecular flexibility index (Phi) is 8.97. The third kappa shape index (κ3) is 6.92. The summed E-state index contributed by atoms with van der Waals surface area (Å²) in [6.45, 7) is 6.81. The van der Waals surface area contributed by atoms with Gasteiger partial charge in [0.25, 0.3) is 5.91 Å². The van der Waals surface area contributed by atoms with E-state index < -0.39 is 0 Å². The van der Waals surface area contributed by atoms with Gasteiger partial charge in [0.05, 0.1) is 16.6 Å². The fraction of sp³-hybridized carbons (Fsp3) is 0.350. The van der Waals surface area contributed by atoms with Crippen LogP contribution in [0.3, 0.4) is 0 Å². The number of hydrogen-bond donors (Lipinski definition) is 1. The fourth-order valence-corrected chi connectivity index (χ4v) is 7.27. The molecule has 5 heteroatoms. The van der Waals surface area contributed by atoms with E-state index in [1.807, 2.05) is 48.5 Å². The molecule has 0 saturated heterocycles. The van der Waals surface area contributed by atoms with Crippen LogP contribution in [0, 0.1) is 23.1 Å². The molecule has 1 unspecified atom stereocenters. The Labute approximate surface area is 270 Å². The maximum absolute atomic E-state index is 14.8. The third-order valence-corrected chi connectivity index (χ3v) is 9.89. The predicted octanol–water partition coefficient (Wildman–Crippen LogP) is 10.2. The van der Waals surface area contributed by atoms with Crippen molar-refractivity contribution >= 4 is 28.3 Å². The number of benzene rings is 3. The van der Waals surface area contributed by atoms with Gasteiger partial charge in [-0.1, -0.05) is 98.6 Å². The van der Waals surface area contributed by atoms with Crippen molar-refractivity contribution in [2.45, 2.75) is 71.8 Å². The maximum Gasteiger partial charge on any atom is 0.252 e. The predicted molar refractivity (Wildman–Crippen MR) is 183 cm³/mol. The standard InChI is InChI=1S/C40H41ClFNO2/c1-40(2,3)29-14-7-10-25(18-21-29)22-33-32(26-11-5-4-6-12-26)24-35(44)37-31(16-9-17-34(37)41)36(33)39(45)43-38(27-19-20-27)28-13-8-15-30(42)23-28/h4-6,8-9,11-17,23-25,27,38H,7,10,18-22H2,1-3H3,(H,43,45)/t25?,38-/m0/s1. The Morgan fingerprint density at radius 3 is 2.42 bits per heavy atom. The highest BCUT2D eigenvalue weighted by Crippen LogP contribution is 2.42. The molecule has 0 radical (unpaired) electrons. The lowest BCUT2D eigenvalue weighted by Crippen LogP contribution is -2.31. The number of halogens is 2. The lowest BCUT2D eigenvalue weighted by atomic mass is 9.82. The van der Waals surface area contributed by atoms with E-state index in [9.17, 15) is 14.0 Å². The molecule has 4 aromatic carbocycles. The van der Waals surface area contributed by atoms with Gasteiger partial charge in [-0.25, -0.2) is 4.39 Å². The number of fused-ring (bicyclic) bond motifs is 1. The van der Waals surface area contributed by atoms with Crippen LogP contribution < -0.4 is 10.7 Å². The smallest absolute Gasteiger partial charge is 0.252 e. The summed E-state index contributed by atoms with van der Waals surface area (Å²) in [5.74, 6) is -0.0213. The first-order valence-electron chi connectivity index (χ1n) is 16.2. The number of nitrogens with one attached hydrogen (secondary N) is 1. The summed E-state index contributed by atoms with van der Waals surface area (Å²) in [5, 5.41) is 4.54. The van der Waals surface area contributed by atoms with E-state index in [4.69, 9.17) is 11.6 Å². The van der Waals surface area contributed by atoms with Gasteiger partial charge in [-0.15, -0.1) is 0 Å². The van der Waals surface area contributed by atoms with Gasteiger partial charge in [0.15, 0.2) is 5.43 Å². The Balaban J connectivity index is 1.53. The van der Waals surface area contributed by atoms with E-state index in [0.717, 1.165) is 60.8 Å². The van der Waals surface area contributed by atoms with Gasteiger partial charge in [-0.05, 0) is 109 Å². The van der Waals surface area contributed by atoms with Crippen LogP contribution in [0.1, 0.15) is 86.8 Å². The minimum atomic E-state index is -0.330. The molecular formula is C40H41ClFNO2. The third-order valence-electron chi connectivity index (χ3n) is 9.58. The van der Waals surface area contributed by atoms with Crippen LogP contribution in [0.5, 0.6) is 0 Å². The summed E-state index contributed by atoms with van der Waals surface area (Å²) in [6.07, 6.45) is 9.00. The monoisotopic (exact) mass is 621 g/mol. The SMILES string of the molecule is CC(C)(C)C1=CCCC(Cc2c(-c3ccccc3)cc(=O)c3c(Cl)cccc3c2C(=O)N[C@H](c2cccc(F)c2)C2CC2)CC1. The lowest BCUT2D eigenvalue weighted by Gasteiger charge is -2.24. The van der Waals surface area contributed by atoms with Gasteiger partial charge in [0, 0.05) is 10.8 Å². The normalized spacial score (nSPS) is 17.8. The van der Waals surface area contributed by atoms with Crippen LogP contribution in [0.2, 0.25) is 5.02 Å². The van der Waals surface area contributed by atoms with Gasteiger partial charge >= 0.3 is 0 Å². The lowest BCUT2D eigenvalue weighted by molar-refractivity contribution is 0.0932. The highest BCUT2D eigenvalue weighted by Gasteiger charge is 2.35. The minimum absolute atomic E-state index is 0.119. The molecule has 0 aromatic heterocycles. The van der Waals surface area contributed by atoms with E-state index in [1.54, 1.807) is 18.2 Å². The average molecular weight is 622 g/mol. The van der Waals surface area contributed by atoms with Gasteiger partial charge in [-0.2, -0.15) is 0 Å². The van der Waals surface area contributed by atoms with Crippen molar-refractivity contribution in [3.63, 3.8) is 0 Å². The number of carbonyl (C=O) groups is 1. The minimum Gasteiger partial charge on any atom is -0.345 e. The summed E-state index contributed by atoms with van der Waals surface area (Å²) in [7, 11) is 0. The second kappa shape index (κ2) is 12.9. The molecule has 0 aliphatic heterocycles. The molecule has 45 heavy (non-hydrogen) atoms. The van der Waals surface area contributed by atoms with Crippen molar-refractivity contribution in [3.05, 3.63) is 128 Å². The molecule has 1 amide bonds. The number of rotatable bonds is 7. The summed E-state index contributed by atoms with van der Waals surface area (Å²) in [6, 6.07) is 23.1. The van der Waals surface area contributed by atoms with E-state index in [1.165, 1.54) is 17.7 Å². The second-order valence-corrected chi connectivity index (χ2v) is 14.2. The molecule has 6 rings (SSSR count).